The molecule has 6 nitrogen and oxygen atoms in total. The summed E-state index contributed by atoms with van der Waals surface area (Å²) in [5.74, 6) is 1.07. The first-order valence-corrected chi connectivity index (χ1v) is 9.47. The van der Waals surface area contributed by atoms with Crippen molar-refractivity contribution < 1.29 is 9.53 Å². The second-order valence-electron chi connectivity index (χ2n) is 6.81. The number of carbonyl (C=O) groups is 1. The first kappa shape index (κ1) is 16.9. The van der Waals surface area contributed by atoms with Gasteiger partial charge in [0.05, 0.1) is 17.5 Å². The molecule has 0 aromatic carbocycles. The van der Waals surface area contributed by atoms with Crippen LogP contribution >= 0.6 is 23.2 Å². The van der Waals surface area contributed by atoms with Crippen molar-refractivity contribution in [1.82, 2.24) is 14.6 Å². The number of fused-ring (bicyclic) bond motifs is 4. The van der Waals surface area contributed by atoms with Crippen LogP contribution in [0.4, 0.5) is 5.82 Å². The third kappa shape index (κ3) is 2.95. The highest BCUT2D eigenvalue weighted by Gasteiger charge is 2.48. The number of carbonyl (C=O) groups excluding carboxylic acids is 1. The Morgan fingerprint density at radius 1 is 1.32 bits per heavy atom. The second-order valence-corrected chi connectivity index (χ2v) is 7.55. The minimum atomic E-state index is -0.157. The van der Waals surface area contributed by atoms with Crippen LogP contribution in [0.15, 0.2) is 12.3 Å². The molecule has 134 valence electrons. The number of rotatable bonds is 4. The average molecular weight is 383 g/mol. The zero-order valence-electron chi connectivity index (χ0n) is 13.9. The van der Waals surface area contributed by atoms with Gasteiger partial charge < -0.3 is 10.1 Å². The number of anilines is 1. The Morgan fingerprint density at radius 3 is 2.76 bits per heavy atom. The molecular weight excluding hydrogens is 363 g/mol. The fourth-order valence-corrected chi connectivity index (χ4v) is 4.85. The first-order valence-electron chi connectivity index (χ1n) is 8.72. The van der Waals surface area contributed by atoms with Gasteiger partial charge in [-0.25, -0.2) is 4.52 Å². The summed E-state index contributed by atoms with van der Waals surface area (Å²) in [7, 11) is 0. The van der Waals surface area contributed by atoms with E-state index in [9.17, 15) is 4.79 Å². The lowest BCUT2D eigenvalue weighted by atomic mass is 9.61. The molecule has 0 saturated heterocycles. The van der Waals surface area contributed by atoms with E-state index in [2.05, 4.69) is 15.4 Å². The van der Waals surface area contributed by atoms with E-state index in [1.807, 2.05) is 6.92 Å². The van der Waals surface area contributed by atoms with Crippen molar-refractivity contribution in [2.24, 2.45) is 17.8 Å². The van der Waals surface area contributed by atoms with Crippen LogP contribution in [0, 0.1) is 17.8 Å². The highest BCUT2D eigenvalue weighted by molar-refractivity contribution is 6.34. The van der Waals surface area contributed by atoms with Crippen LogP contribution in [0.2, 0.25) is 10.3 Å². The number of esters is 1. The quantitative estimate of drug-likeness (QED) is 0.813. The Bertz CT molecular complexity index is 801. The van der Waals surface area contributed by atoms with Crippen molar-refractivity contribution in [3.63, 3.8) is 0 Å². The number of hydrogen-bond acceptors (Lipinski definition) is 5. The van der Waals surface area contributed by atoms with Crippen molar-refractivity contribution in [2.75, 3.05) is 11.9 Å². The standard InChI is InChI=1S/C17H20Cl2N4O2/c1-2-25-16(24)12-9-3-5-10(6-4-9)13(12)20-15-14-11(18)7-8-23(14)22-17(19)21-15/h7-10,12-13H,2-6H2,1H3,(H,20,21,22)/t9?,10?,12-,13-/m0/s1. The molecule has 2 aromatic heterocycles. The summed E-state index contributed by atoms with van der Waals surface area (Å²) < 4.78 is 6.96. The predicted molar refractivity (Wildman–Crippen MR) is 96.0 cm³/mol. The summed E-state index contributed by atoms with van der Waals surface area (Å²) in [5, 5.41) is 8.29. The number of nitrogens with one attached hydrogen (secondary N) is 1. The Hall–Kier alpha value is -1.53. The summed E-state index contributed by atoms with van der Waals surface area (Å²) in [6.07, 6.45) is 6.13. The Labute approximate surface area is 155 Å². The minimum absolute atomic E-state index is 0.0210. The normalized spacial score (nSPS) is 28.3. The molecule has 25 heavy (non-hydrogen) atoms. The van der Waals surface area contributed by atoms with E-state index in [-0.39, 0.29) is 23.2 Å². The van der Waals surface area contributed by atoms with Crippen molar-refractivity contribution in [3.05, 3.63) is 22.6 Å². The van der Waals surface area contributed by atoms with Crippen molar-refractivity contribution >= 4 is 40.5 Å². The van der Waals surface area contributed by atoms with Gasteiger partial charge in [-0.3, -0.25) is 4.79 Å². The van der Waals surface area contributed by atoms with Gasteiger partial charge in [-0.05, 0) is 62.1 Å². The van der Waals surface area contributed by atoms with E-state index in [1.54, 1.807) is 16.8 Å². The van der Waals surface area contributed by atoms with Gasteiger partial charge in [0.15, 0.2) is 5.82 Å². The monoisotopic (exact) mass is 382 g/mol. The summed E-state index contributed by atoms with van der Waals surface area (Å²) in [6.45, 7) is 2.24. The third-order valence-electron chi connectivity index (χ3n) is 5.52. The number of halogens is 2. The molecular formula is C17H20Cl2N4O2. The summed E-state index contributed by atoms with van der Waals surface area (Å²) >= 11 is 12.4. The molecule has 0 spiro atoms. The zero-order chi connectivity index (χ0) is 17.6. The van der Waals surface area contributed by atoms with Gasteiger partial charge in [0.2, 0.25) is 5.28 Å². The topological polar surface area (TPSA) is 68.5 Å². The zero-order valence-corrected chi connectivity index (χ0v) is 15.4. The molecule has 8 heteroatoms. The molecule has 3 aliphatic carbocycles. The Kier molecular flexibility index (Phi) is 4.50. The molecule has 3 fully saturated rings. The van der Waals surface area contributed by atoms with Crippen molar-refractivity contribution in [2.45, 2.75) is 38.6 Å². The molecule has 2 aromatic rings. The van der Waals surface area contributed by atoms with Crippen molar-refractivity contribution in [1.29, 1.82) is 0 Å². The number of hydrogen-bond donors (Lipinski definition) is 1. The van der Waals surface area contributed by atoms with Gasteiger partial charge in [0.25, 0.3) is 0 Å². The van der Waals surface area contributed by atoms with E-state index >= 15 is 0 Å². The summed E-state index contributed by atoms with van der Waals surface area (Å²) in [4.78, 5) is 16.9. The highest BCUT2D eigenvalue weighted by atomic mass is 35.5. The predicted octanol–water partition coefficient (Wildman–Crippen LogP) is 3.82. The van der Waals surface area contributed by atoms with E-state index in [0.29, 0.717) is 34.8 Å². The maximum atomic E-state index is 12.6. The molecule has 0 unspecified atom stereocenters. The van der Waals surface area contributed by atoms with Crippen LogP contribution in [0.25, 0.3) is 5.52 Å². The molecule has 0 amide bonds. The van der Waals surface area contributed by atoms with Crippen LogP contribution in [-0.2, 0) is 9.53 Å². The smallest absolute Gasteiger partial charge is 0.311 e. The molecule has 5 rings (SSSR count). The van der Waals surface area contributed by atoms with E-state index in [0.717, 1.165) is 25.7 Å². The largest absolute Gasteiger partial charge is 0.466 e. The first-order chi connectivity index (χ1) is 12.1. The Morgan fingerprint density at radius 2 is 2.04 bits per heavy atom. The molecule has 3 aliphatic rings. The third-order valence-corrected chi connectivity index (χ3v) is 5.98. The SMILES string of the molecule is CCOC(=O)[C@H]1C2CCC(CC2)[C@@H]1Nc1nc(Cl)nn2ccc(Cl)c12. The van der Waals surface area contributed by atoms with Crippen LogP contribution in [-0.4, -0.2) is 33.2 Å². The van der Waals surface area contributed by atoms with E-state index in [1.165, 1.54) is 0 Å². The van der Waals surface area contributed by atoms with Crippen LogP contribution in [0.3, 0.4) is 0 Å². The Balaban J connectivity index is 1.71. The van der Waals surface area contributed by atoms with Gasteiger partial charge in [-0.15, -0.1) is 5.10 Å². The molecule has 3 saturated carbocycles. The van der Waals surface area contributed by atoms with E-state index in [4.69, 9.17) is 27.9 Å². The maximum absolute atomic E-state index is 12.6. The number of ether oxygens (including phenoxy) is 1. The van der Waals surface area contributed by atoms with Gasteiger partial charge in [-0.1, -0.05) is 11.6 Å². The lowest BCUT2D eigenvalue weighted by Gasteiger charge is -2.47. The van der Waals surface area contributed by atoms with Crippen LogP contribution in [0.1, 0.15) is 32.6 Å². The average Bonchev–Trinajstić information content (AvgIpc) is 2.97. The molecule has 2 atom stereocenters. The molecule has 2 heterocycles. The summed E-state index contributed by atoms with van der Waals surface area (Å²) in [6, 6.07) is 1.73. The number of aromatic nitrogens is 3. The molecule has 0 aliphatic heterocycles. The lowest BCUT2D eigenvalue weighted by molar-refractivity contribution is -0.154. The van der Waals surface area contributed by atoms with Crippen LogP contribution in [0.5, 0.6) is 0 Å². The van der Waals surface area contributed by atoms with Crippen LogP contribution < -0.4 is 5.32 Å². The fraction of sp³-hybridized carbons (Fsp3) is 0.588. The lowest BCUT2D eigenvalue weighted by Crippen LogP contribution is -2.52. The molecule has 0 radical (unpaired) electrons. The van der Waals surface area contributed by atoms with Gasteiger partial charge in [0.1, 0.15) is 5.52 Å². The van der Waals surface area contributed by atoms with Gasteiger partial charge in [-0.2, -0.15) is 4.98 Å². The highest BCUT2D eigenvalue weighted by Crippen LogP contribution is 2.47. The fourth-order valence-electron chi connectivity index (χ4n) is 4.45. The molecule has 2 bridgehead atoms. The number of nitrogens with zero attached hydrogens (tertiary/aromatic N) is 3. The summed E-state index contributed by atoms with van der Waals surface area (Å²) in [5.41, 5.74) is 0.676. The van der Waals surface area contributed by atoms with E-state index < -0.39 is 0 Å². The second kappa shape index (κ2) is 6.65. The van der Waals surface area contributed by atoms with Gasteiger partial charge >= 0.3 is 5.97 Å². The maximum Gasteiger partial charge on any atom is 0.311 e. The minimum Gasteiger partial charge on any atom is -0.466 e. The van der Waals surface area contributed by atoms with Gasteiger partial charge in [0, 0.05) is 12.2 Å². The van der Waals surface area contributed by atoms with Crippen molar-refractivity contribution in [3.8, 4) is 0 Å². The molecule has 1 N–H and O–H groups in total.